The summed E-state index contributed by atoms with van der Waals surface area (Å²) in [7, 11) is 0. The van der Waals surface area contributed by atoms with Crippen LogP contribution in [0.15, 0.2) is 72.9 Å². The summed E-state index contributed by atoms with van der Waals surface area (Å²) < 4.78 is 2.47. The smallest absolute Gasteiger partial charge is 0.236 e. The van der Waals surface area contributed by atoms with Crippen LogP contribution in [0.3, 0.4) is 0 Å². The van der Waals surface area contributed by atoms with Crippen LogP contribution in [0.25, 0.3) is 33.8 Å². The van der Waals surface area contributed by atoms with Gasteiger partial charge in [0.1, 0.15) is 12.7 Å². The molecule has 7 rings (SSSR count). The molecule has 0 spiro atoms. The number of aromatic amines is 1. The van der Waals surface area contributed by atoms with Crippen LogP contribution < -0.4 is 4.57 Å². The number of nitrogens with zero attached hydrogens (tertiary/aromatic N) is 1. The van der Waals surface area contributed by atoms with Gasteiger partial charge in [-0.1, -0.05) is 105 Å². The summed E-state index contributed by atoms with van der Waals surface area (Å²) in [6.45, 7) is 0.951. The zero-order valence-corrected chi connectivity index (χ0v) is 21.3. The maximum atomic E-state index is 4.00. The van der Waals surface area contributed by atoms with Crippen LogP contribution in [-0.2, 0) is 6.54 Å². The van der Waals surface area contributed by atoms with Crippen LogP contribution >= 0.6 is 0 Å². The van der Waals surface area contributed by atoms with E-state index >= 15 is 0 Å². The van der Waals surface area contributed by atoms with E-state index in [1.807, 2.05) is 0 Å². The Morgan fingerprint density at radius 1 is 0.611 bits per heavy atom. The number of benzene rings is 3. The predicted octanol–water partition coefficient (Wildman–Crippen LogP) is 8.76. The lowest BCUT2D eigenvalue weighted by Gasteiger charge is -2.28. The first kappa shape index (κ1) is 22.1. The molecule has 0 atom stereocenters. The normalized spacial score (nSPS) is 18.2. The summed E-state index contributed by atoms with van der Waals surface area (Å²) in [5.74, 6) is 2.67. The molecule has 0 bridgehead atoms. The molecule has 3 aromatic carbocycles. The largest absolute Gasteiger partial charge is 0.288 e. The Labute approximate surface area is 215 Å². The van der Waals surface area contributed by atoms with Crippen molar-refractivity contribution < 1.29 is 4.57 Å². The number of hydrogen-bond donors (Lipinski definition) is 1. The highest BCUT2D eigenvalue weighted by Crippen LogP contribution is 2.45. The molecule has 36 heavy (non-hydrogen) atoms. The summed E-state index contributed by atoms with van der Waals surface area (Å²) in [5, 5.41) is 0. The number of rotatable bonds is 4. The molecule has 3 aliphatic rings. The fourth-order valence-corrected chi connectivity index (χ4v) is 7.37. The summed E-state index contributed by atoms with van der Waals surface area (Å²) in [6, 6.07) is 25.0. The second kappa shape index (κ2) is 9.39. The van der Waals surface area contributed by atoms with Crippen molar-refractivity contribution in [1.29, 1.82) is 0 Å². The molecule has 1 aliphatic heterocycles. The van der Waals surface area contributed by atoms with Crippen molar-refractivity contribution in [2.24, 2.45) is 0 Å². The van der Waals surface area contributed by atoms with Gasteiger partial charge in [-0.25, -0.2) is 9.55 Å². The van der Waals surface area contributed by atoms with Gasteiger partial charge in [-0.2, -0.15) is 0 Å². The molecule has 0 saturated heterocycles. The minimum atomic E-state index is 0.701. The molecule has 2 aliphatic carbocycles. The molecule has 1 aromatic heterocycles. The molecule has 2 fully saturated rings. The Kier molecular flexibility index (Phi) is 5.76. The molecule has 0 radical (unpaired) electrons. The average molecular weight is 474 g/mol. The standard InChI is InChI=1S/C34H36N2/c1-4-12-24(13-5-1)28-19-10-18-27-22-36-23-31(35-34(36)32(27)28)33-29(25-14-6-2-7-15-25)20-11-21-30(33)26-16-8-3-9-17-26/h1,4-5,10-13,18-21,23,25-26H,2-3,6-9,14-17,22H2/p+1. The minimum Gasteiger partial charge on any atom is -0.236 e. The minimum absolute atomic E-state index is 0.701. The molecule has 2 heterocycles. The summed E-state index contributed by atoms with van der Waals surface area (Å²) in [4.78, 5) is 4.00. The Bertz CT molecular complexity index is 1330. The van der Waals surface area contributed by atoms with E-state index in [1.54, 1.807) is 11.1 Å². The molecule has 2 heteroatoms. The van der Waals surface area contributed by atoms with Gasteiger partial charge in [0.25, 0.3) is 5.82 Å². The van der Waals surface area contributed by atoms with Crippen molar-refractivity contribution in [3.63, 3.8) is 0 Å². The lowest BCUT2D eigenvalue weighted by atomic mass is 9.76. The number of hydrogen-bond acceptors (Lipinski definition) is 0. The number of aromatic nitrogens is 2. The van der Waals surface area contributed by atoms with Gasteiger partial charge >= 0.3 is 0 Å². The summed E-state index contributed by atoms with van der Waals surface area (Å²) >= 11 is 0. The summed E-state index contributed by atoms with van der Waals surface area (Å²) in [5.41, 5.74) is 11.5. The van der Waals surface area contributed by atoms with Crippen LogP contribution in [0.2, 0.25) is 0 Å². The SMILES string of the molecule is c1ccc(-c2cccc3c2-c2[nH]c(-c4c(C5CCCCC5)cccc4C4CCCCC4)c[n+]2C3)cc1. The van der Waals surface area contributed by atoms with Crippen LogP contribution in [0.5, 0.6) is 0 Å². The van der Waals surface area contributed by atoms with E-state index in [2.05, 4.69) is 82.5 Å². The van der Waals surface area contributed by atoms with Crippen LogP contribution in [0, 0.1) is 0 Å². The van der Waals surface area contributed by atoms with E-state index in [1.165, 1.54) is 104 Å². The fraction of sp³-hybridized carbons (Fsp3) is 0.382. The van der Waals surface area contributed by atoms with Crippen molar-refractivity contribution in [3.8, 4) is 33.8 Å². The maximum Gasteiger partial charge on any atom is 0.288 e. The molecule has 4 aromatic rings. The number of fused-ring (bicyclic) bond motifs is 3. The lowest BCUT2D eigenvalue weighted by molar-refractivity contribution is -0.670. The Hall–Kier alpha value is -3.13. The average Bonchev–Trinajstić information content (AvgIpc) is 3.52. The molecule has 2 nitrogen and oxygen atoms in total. The second-order valence-electron chi connectivity index (χ2n) is 11.3. The van der Waals surface area contributed by atoms with Crippen molar-refractivity contribution in [3.05, 3.63) is 89.6 Å². The third kappa shape index (κ3) is 3.82. The molecule has 0 unspecified atom stereocenters. The number of imidazole rings is 1. The highest BCUT2D eigenvalue weighted by Gasteiger charge is 2.34. The first-order chi connectivity index (χ1) is 17.9. The van der Waals surface area contributed by atoms with E-state index in [4.69, 9.17) is 0 Å². The van der Waals surface area contributed by atoms with E-state index in [0.717, 1.165) is 6.54 Å². The zero-order chi connectivity index (χ0) is 23.9. The first-order valence-corrected chi connectivity index (χ1v) is 14.3. The van der Waals surface area contributed by atoms with Crippen LogP contribution in [0.4, 0.5) is 0 Å². The van der Waals surface area contributed by atoms with E-state index in [0.29, 0.717) is 11.8 Å². The van der Waals surface area contributed by atoms with Gasteiger partial charge in [0.05, 0.1) is 5.56 Å². The third-order valence-electron chi connectivity index (χ3n) is 9.13. The van der Waals surface area contributed by atoms with Gasteiger partial charge in [-0.05, 0) is 59.8 Å². The molecule has 1 N–H and O–H groups in total. The van der Waals surface area contributed by atoms with Crippen molar-refractivity contribution in [1.82, 2.24) is 4.98 Å². The Morgan fingerprint density at radius 3 is 1.92 bits per heavy atom. The lowest BCUT2D eigenvalue weighted by Crippen LogP contribution is -2.29. The molecule has 0 amide bonds. The van der Waals surface area contributed by atoms with E-state index in [-0.39, 0.29) is 0 Å². The van der Waals surface area contributed by atoms with Crippen LogP contribution in [-0.4, -0.2) is 4.98 Å². The van der Waals surface area contributed by atoms with Gasteiger partial charge in [0.15, 0.2) is 5.69 Å². The van der Waals surface area contributed by atoms with Crippen LogP contribution in [0.1, 0.15) is 92.7 Å². The summed E-state index contributed by atoms with van der Waals surface area (Å²) in [6.07, 6.45) is 16.1. The monoisotopic (exact) mass is 473 g/mol. The van der Waals surface area contributed by atoms with Crippen molar-refractivity contribution in [2.75, 3.05) is 0 Å². The quantitative estimate of drug-likeness (QED) is 0.252. The van der Waals surface area contributed by atoms with Crippen molar-refractivity contribution >= 4 is 0 Å². The molecular formula is C34H37N2+. The Morgan fingerprint density at radius 2 is 1.25 bits per heavy atom. The molecule has 2 saturated carbocycles. The van der Waals surface area contributed by atoms with Gasteiger partial charge in [-0.15, -0.1) is 0 Å². The fourth-order valence-electron chi connectivity index (χ4n) is 7.37. The number of nitrogens with one attached hydrogen (secondary N) is 1. The molecular weight excluding hydrogens is 436 g/mol. The first-order valence-electron chi connectivity index (χ1n) is 14.3. The number of H-pyrrole nitrogens is 1. The van der Waals surface area contributed by atoms with Gasteiger partial charge in [0, 0.05) is 11.1 Å². The van der Waals surface area contributed by atoms with Gasteiger partial charge in [0.2, 0.25) is 0 Å². The zero-order valence-electron chi connectivity index (χ0n) is 21.3. The van der Waals surface area contributed by atoms with Gasteiger partial charge in [-0.3, -0.25) is 0 Å². The topological polar surface area (TPSA) is 19.7 Å². The highest BCUT2D eigenvalue weighted by molar-refractivity contribution is 5.84. The van der Waals surface area contributed by atoms with E-state index < -0.39 is 0 Å². The highest BCUT2D eigenvalue weighted by atomic mass is 15.1. The van der Waals surface area contributed by atoms with E-state index in [9.17, 15) is 0 Å². The van der Waals surface area contributed by atoms with Gasteiger partial charge < -0.3 is 0 Å². The van der Waals surface area contributed by atoms with Crippen molar-refractivity contribution in [2.45, 2.75) is 82.6 Å². The predicted molar refractivity (Wildman–Crippen MR) is 148 cm³/mol. The molecule has 182 valence electrons. The maximum absolute atomic E-state index is 4.00. The second-order valence-corrected chi connectivity index (χ2v) is 11.3. The third-order valence-corrected chi connectivity index (χ3v) is 9.13. The Balaban J connectivity index is 1.37.